The third-order valence-electron chi connectivity index (χ3n) is 1.20. The molecule has 0 amide bonds. The number of carbonyl (C=O) groups excluding carboxylic acids is 1. The number of carbonyl (C=O) groups is 1. The first-order valence-electron chi connectivity index (χ1n) is 2.47. The van der Waals surface area contributed by atoms with Gasteiger partial charge in [-0.25, -0.2) is 0 Å². The van der Waals surface area contributed by atoms with E-state index in [4.69, 9.17) is 0 Å². The molecule has 1 fully saturated rings. The van der Waals surface area contributed by atoms with Crippen molar-refractivity contribution in [1.82, 2.24) is 0 Å². The van der Waals surface area contributed by atoms with Gasteiger partial charge in [-0.2, -0.15) is 0 Å². The first kappa shape index (κ1) is 5.23. The maximum absolute atomic E-state index is 10.5. The smallest absolute Gasteiger partial charge is 0.184 e. The molecule has 0 aromatic heterocycles. The third-order valence-corrected chi connectivity index (χ3v) is 2.32. The predicted molar refractivity (Wildman–Crippen MR) is 34.4 cm³/mol. The van der Waals surface area contributed by atoms with E-state index in [-0.39, 0.29) is 0 Å². The fourth-order valence-corrected chi connectivity index (χ4v) is 1.67. The summed E-state index contributed by atoms with van der Waals surface area (Å²) in [5.74, 6) is 1.38. The SMILES string of the molecule is BC1CCSC1=O. The minimum atomic E-state index is 0.338. The Hall–Kier alpha value is 0.0849. The molecule has 1 unspecified atom stereocenters. The highest BCUT2D eigenvalue weighted by atomic mass is 32.2. The van der Waals surface area contributed by atoms with Crippen LogP contribution in [0, 0.1) is 0 Å². The van der Waals surface area contributed by atoms with Crippen LogP contribution in [0.2, 0.25) is 5.82 Å². The summed E-state index contributed by atoms with van der Waals surface area (Å²) < 4.78 is 0. The van der Waals surface area contributed by atoms with Crippen LogP contribution in [-0.4, -0.2) is 18.7 Å². The van der Waals surface area contributed by atoms with Crippen molar-refractivity contribution < 1.29 is 4.79 Å². The van der Waals surface area contributed by atoms with E-state index in [2.05, 4.69) is 0 Å². The monoisotopic (exact) mass is 114 g/mol. The fraction of sp³-hybridized carbons (Fsp3) is 0.750. The Kier molecular flexibility index (Phi) is 1.42. The summed E-state index contributed by atoms with van der Waals surface area (Å²) in [6.07, 6.45) is 1.09. The average molecular weight is 114 g/mol. The molecule has 1 atom stereocenters. The molecule has 1 nitrogen and oxygen atoms in total. The van der Waals surface area contributed by atoms with Gasteiger partial charge in [0.2, 0.25) is 0 Å². The molecule has 0 spiro atoms. The molecule has 38 valence electrons. The van der Waals surface area contributed by atoms with Gasteiger partial charge in [-0.3, -0.25) is 4.79 Å². The second-order valence-corrected chi connectivity index (χ2v) is 2.96. The van der Waals surface area contributed by atoms with E-state index in [0.717, 1.165) is 12.2 Å². The molecule has 1 rings (SSSR count). The summed E-state index contributed by atoms with van der Waals surface area (Å²) >= 11 is 1.47. The summed E-state index contributed by atoms with van der Waals surface area (Å²) in [7, 11) is 1.99. The van der Waals surface area contributed by atoms with Crippen LogP contribution in [0.1, 0.15) is 6.42 Å². The lowest BCUT2D eigenvalue weighted by Crippen LogP contribution is -1.93. The Bertz CT molecular complexity index is 93.7. The summed E-state index contributed by atoms with van der Waals surface area (Å²) in [6, 6.07) is 0. The van der Waals surface area contributed by atoms with Gasteiger partial charge >= 0.3 is 0 Å². The second kappa shape index (κ2) is 1.91. The lowest BCUT2D eigenvalue weighted by molar-refractivity contribution is -0.110. The second-order valence-electron chi connectivity index (χ2n) is 1.86. The first-order chi connectivity index (χ1) is 3.30. The Morgan fingerprint density at radius 3 is 2.71 bits per heavy atom. The van der Waals surface area contributed by atoms with E-state index in [1.165, 1.54) is 11.8 Å². The van der Waals surface area contributed by atoms with Crippen LogP contribution >= 0.6 is 11.8 Å². The minimum Gasteiger partial charge on any atom is -0.288 e. The minimum absolute atomic E-state index is 0.338. The molecule has 0 aromatic rings. The molecule has 0 bridgehead atoms. The van der Waals surface area contributed by atoms with Crippen LogP contribution < -0.4 is 0 Å². The molecular formula is C4H7BOS. The van der Waals surface area contributed by atoms with E-state index in [1.54, 1.807) is 0 Å². The van der Waals surface area contributed by atoms with Crippen molar-refractivity contribution in [2.24, 2.45) is 0 Å². The number of thioether (sulfide) groups is 1. The zero-order valence-corrected chi connectivity index (χ0v) is 5.12. The van der Waals surface area contributed by atoms with Crippen molar-refractivity contribution in [2.75, 3.05) is 5.75 Å². The molecule has 0 saturated carbocycles. The van der Waals surface area contributed by atoms with Crippen molar-refractivity contribution >= 4 is 24.7 Å². The molecule has 0 radical (unpaired) electrons. The molecular weight excluding hydrogens is 107 g/mol. The zero-order chi connectivity index (χ0) is 5.28. The van der Waals surface area contributed by atoms with Crippen LogP contribution in [0.25, 0.3) is 0 Å². The van der Waals surface area contributed by atoms with Crippen molar-refractivity contribution in [3.63, 3.8) is 0 Å². The van der Waals surface area contributed by atoms with Crippen LogP contribution in [0.4, 0.5) is 0 Å². The van der Waals surface area contributed by atoms with Crippen molar-refractivity contribution in [2.45, 2.75) is 12.2 Å². The summed E-state index contributed by atoms with van der Waals surface area (Å²) in [5.41, 5.74) is 0. The highest BCUT2D eigenvalue weighted by Gasteiger charge is 2.19. The lowest BCUT2D eigenvalue weighted by atomic mass is 9.87. The fourth-order valence-electron chi connectivity index (χ4n) is 0.596. The number of hydrogen-bond donors (Lipinski definition) is 0. The van der Waals surface area contributed by atoms with Crippen molar-refractivity contribution in [1.29, 1.82) is 0 Å². The van der Waals surface area contributed by atoms with Crippen LogP contribution in [0.15, 0.2) is 0 Å². The van der Waals surface area contributed by atoms with Gasteiger partial charge in [-0.1, -0.05) is 11.8 Å². The van der Waals surface area contributed by atoms with Crippen LogP contribution in [0.3, 0.4) is 0 Å². The maximum Gasteiger partial charge on any atom is 0.184 e. The standard InChI is InChI=1S/C4H7BOS/c5-3-1-2-7-4(3)6/h3H,1-2,5H2. The summed E-state index contributed by atoms with van der Waals surface area (Å²) in [4.78, 5) is 10.5. The summed E-state index contributed by atoms with van der Waals surface area (Å²) in [5, 5.41) is 0.375. The molecule has 0 aliphatic carbocycles. The average Bonchev–Trinajstić information content (AvgIpc) is 1.91. The highest BCUT2D eigenvalue weighted by molar-refractivity contribution is 8.14. The maximum atomic E-state index is 10.5. The Labute approximate surface area is 48.3 Å². The van der Waals surface area contributed by atoms with Crippen LogP contribution in [-0.2, 0) is 4.79 Å². The van der Waals surface area contributed by atoms with E-state index in [1.807, 2.05) is 7.85 Å². The van der Waals surface area contributed by atoms with Gasteiger partial charge in [0.25, 0.3) is 0 Å². The molecule has 1 heterocycles. The van der Waals surface area contributed by atoms with Crippen molar-refractivity contribution in [3.8, 4) is 0 Å². The molecule has 3 heteroatoms. The molecule has 7 heavy (non-hydrogen) atoms. The van der Waals surface area contributed by atoms with E-state index >= 15 is 0 Å². The van der Waals surface area contributed by atoms with Gasteiger partial charge in [-0.15, -0.1) is 0 Å². The van der Waals surface area contributed by atoms with Gasteiger partial charge in [-0.05, 0) is 12.2 Å². The molecule has 0 aromatic carbocycles. The van der Waals surface area contributed by atoms with Crippen molar-refractivity contribution in [3.05, 3.63) is 0 Å². The number of rotatable bonds is 0. The topological polar surface area (TPSA) is 17.1 Å². The molecule has 0 N–H and O–H groups in total. The Balaban J connectivity index is 2.48. The Morgan fingerprint density at radius 2 is 2.57 bits per heavy atom. The zero-order valence-electron chi connectivity index (χ0n) is 4.31. The van der Waals surface area contributed by atoms with Crippen LogP contribution in [0.5, 0.6) is 0 Å². The van der Waals surface area contributed by atoms with Gasteiger partial charge in [0, 0.05) is 5.75 Å². The highest BCUT2D eigenvalue weighted by Crippen LogP contribution is 2.26. The van der Waals surface area contributed by atoms with E-state index in [0.29, 0.717) is 10.9 Å². The van der Waals surface area contributed by atoms with Gasteiger partial charge in [0.15, 0.2) is 5.12 Å². The van der Waals surface area contributed by atoms with Gasteiger partial charge in [0.05, 0.1) is 0 Å². The lowest BCUT2D eigenvalue weighted by Gasteiger charge is -1.89. The normalized spacial score (nSPS) is 31.4. The quantitative estimate of drug-likeness (QED) is 0.414. The largest absolute Gasteiger partial charge is 0.288 e. The van der Waals surface area contributed by atoms with Gasteiger partial charge in [0.1, 0.15) is 7.85 Å². The molecule has 1 saturated heterocycles. The Morgan fingerprint density at radius 1 is 1.86 bits per heavy atom. The molecule has 1 aliphatic rings. The predicted octanol–water partition coefficient (Wildman–Crippen LogP) is 0.0715. The summed E-state index contributed by atoms with van der Waals surface area (Å²) in [6.45, 7) is 0. The van der Waals surface area contributed by atoms with E-state index in [9.17, 15) is 4.79 Å². The first-order valence-corrected chi connectivity index (χ1v) is 3.46. The van der Waals surface area contributed by atoms with E-state index < -0.39 is 0 Å². The third kappa shape index (κ3) is 0.998. The number of hydrogen-bond acceptors (Lipinski definition) is 2. The van der Waals surface area contributed by atoms with Gasteiger partial charge < -0.3 is 0 Å². The molecule has 1 aliphatic heterocycles.